The fraction of sp³-hybridized carbons (Fsp3) is 0.250. The average Bonchev–Trinajstić information content (AvgIpc) is 3.23. The molecule has 2 aromatic heterocycles. The maximum absolute atomic E-state index is 12.2. The Morgan fingerprint density at radius 3 is 2.54 bits per heavy atom. The Kier molecular flexibility index (Phi) is 6.11. The zero-order valence-electron chi connectivity index (χ0n) is 15.7. The van der Waals surface area contributed by atoms with E-state index in [0.29, 0.717) is 41.6 Å². The van der Waals surface area contributed by atoms with E-state index >= 15 is 0 Å². The zero-order chi connectivity index (χ0) is 19.9. The number of benzene rings is 1. The molecule has 0 saturated heterocycles. The first-order chi connectivity index (χ1) is 13.6. The second-order valence-electron chi connectivity index (χ2n) is 6.01. The van der Waals surface area contributed by atoms with Crippen LogP contribution in [0.2, 0.25) is 0 Å². The number of aromatic nitrogens is 2. The minimum atomic E-state index is -0.228. The molecule has 1 N–H and O–H groups in total. The lowest BCUT2D eigenvalue weighted by atomic mass is 10.2. The number of nitrogens with zero attached hydrogens (tertiary/aromatic N) is 2. The number of carbonyl (C=O) groups is 1. The van der Waals surface area contributed by atoms with Crippen LogP contribution < -0.4 is 20.3 Å². The number of methoxy groups -OCH3 is 2. The number of anilines is 1. The van der Waals surface area contributed by atoms with Gasteiger partial charge in [-0.05, 0) is 24.6 Å². The van der Waals surface area contributed by atoms with Crippen molar-refractivity contribution in [2.45, 2.75) is 19.4 Å². The van der Waals surface area contributed by atoms with Gasteiger partial charge in [0.2, 0.25) is 5.91 Å². The van der Waals surface area contributed by atoms with Gasteiger partial charge in [-0.1, -0.05) is 0 Å². The van der Waals surface area contributed by atoms with E-state index in [1.165, 1.54) is 10.7 Å². The summed E-state index contributed by atoms with van der Waals surface area (Å²) in [6.45, 7) is 0.322. The number of nitrogens with one attached hydrogen (secondary N) is 1. The predicted octanol–water partition coefficient (Wildman–Crippen LogP) is 2.94. The maximum Gasteiger partial charge on any atom is 0.266 e. The van der Waals surface area contributed by atoms with Crippen molar-refractivity contribution in [1.29, 1.82) is 0 Å². The predicted molar refractivity (Wildman–Crippen MR) is 104 cm³/mol. The van der Waals surface area contributed by atoms with E-state index in [1.54, 1.807) is 56.9 Å². The molecule has 28 heavy (non-hydrogen) atoms. The first-order valence-corrected chi connectivity index (χ1v) is 8.74. The lowest BCUT2D eigenvalue weighted by Gasteiger charge is -2.10. The van der Waals surface area contributed by atoms with Crippen molar-refractivity contribution in [2.24, 2.45) is 0 Å². The van der Waals surface area contributed by atoms with E-state index in [1.807, 2.05) is 0 Å². The molecule has 0 radical (unpaired) electrons. The summed E-state index contributed by atoms with van der Waals surface area (Å²) in [6, 6.07) is 11.7. The molecule has 0 aliphatic heterocycles. The van der Waals surface area contributed by atoms with Crippen molar-refractivity contribution >= 4 is 11.6 Å². The Bertz CT molecular complexity index is 973. The average molecular weight is 383 g/mol. The number of hydrogen-bond acceptors (Lipinski definition) is 6. The van der Waals surface area contributed by atoms with Gasteiger partial charge in [0.25, 0.3) is 5.56 Å². The molecule has 1 aromatic carbocycles. The number of furan rings is 1. The standard InChI is InChI=1S/C20H21N3O5/c1-26-15-11-14(12-16(13-15)27-2)21-19(24)6-3-9-23-20(25)8-7-17(22-23)18-5-4-10-28-18/h4-5,7-8,10-13H,3,6,9H2,1-2H3,(H,21,24). The van der Waals surface area contributed by atoms with Crippen LogP contribution >= 0.6 is 0 Å². The molecule has 2 heterocycles. The molecule has 0 unspecified atom stereocenters. The Labute approximate surface area is 161 Å². The first kappa shape index (κ1) is 19.2. The molecule has 0 atom stereocenters. The number of aryl methyl sites for hydroxylation is 1. The molecule has 3 rings (SSSR count). The number of hydrogen-bond donors (Lipinski definition) is 1. The van der Waals surface area contributed by atoms with Crippen LogP contribution in [0.3, 0.4) is 0 Å². The summed E-state index contributed by atoms with van der Waals surface area (Å²) in [4.78, 5) is 24.2. The largest absolute Gasteiger partial charge is 0.497 e. The smallest absolute Gasteiger partial charge is 0.266 e. The highest BCUT2D eigenvalue weighted by atomic mass is 16.5. The van der Waals surface area contributed by atoms with Crippen LogP contribution in [0.25, 0.3) is 11.5 Å². The summed E-state index contributed by atoms with van der Waals surface area (Å²) in [5.41, 5.74) is 0.919. The third kappa shape index (κ3) is 4.79. The van der Waals surface area contributed by atoms with Crippen LogP contribution in [-0.4, -0.2) is 29.9 Å². The second kappa shape index (κ2) is 8.90. The van der Waals surface area contributed by atoms with Crippen molar-refractivity contribution in [2.75, 3.05) is 19.5 Å². The molecule has 0 fully saturated rings. The summed E-state index contributed by atoms with van der Waals surface area (Å²) in [7, 11) is 3.09. The highest BCUT2D eigenvalue weighted by Gasteiger charge is 2.09. The molecular weight excluding hydrogens is 362 g/mol. The fourth-order valence-electron chi connectivity index (χ4n) is 2.66. The van der Waals surface area contributed by atoms with Gasteiger partial charge in [-0.25, -0.2) is 4.68 Å². The van der Waals surface area contributed by atoms with Crippen molar-refractivity contribution in [3.63, 3.8) is 0 Å². The van der Waals surface area contributed by atoms with Gasteiger partial charge in [0.15, 0.2) is 5.76 Å². The SMILES string of the molecule is COc1cc(NC(=O)CCCn2nc(-c3ccco3)ccc2=O)cc(OC)c1. The van der Waals surface area contributed by atoms with Crippen molar-refractivity contribution < 1.29 is 18.7 Å². The lowest BCUT2D eigenvalue weighted by Crippen LogP contribution is -2.23. The molecule has 0 aliphatic carbocycles. The summed E-state index contributed by atoms with van der Waals surface area (Å²) in [5.74, 6) is 1.57. The summed E-state index contributed by atoms with van der Waals surface area (Å²) in [5, 5.41) is 7.09. The Morgan fingerprint density at radius 2 is 1.89 bits per heavy atom. The van der Waals surface area contributed by atoms with Gasteiger partial charge in [-0.15, -0.1) is 0 Å². The van der Waals surface area contributed by atoms with Gasteiger partial charge in [0.1, 0.15) is 17.2 Å². The van der Waals surface area contributed by atoms with Gasteiger partial charge >= 0.3 is 0 Å². The van der Waals surface area contributed by atoms with E-state index in [0.717, 1.165) is 0 Å². The molecular formula is C20H21N3O5. The van der Waals surface area contributed by atoms with Gasteiger partial charge in [0.05, 0.1) is 20.5 Å². The van der Waals surface area contributed by atoms with Crippen molar-refractivity contribution in [3.8, 4) is 23.0 Å². The first-order valence-electron chi connectivity index (χ1n) is 8.74. The van der Waals surface area contributed by atoms with Crippen LogP contribution in [0.5, 0.6) is 11.5 Å². The van der Waals surface area contributed by atoms with Crippen LogP contribution in [0.4, 0.5) is 5.69 Å². The summed E-state index contributed by atoms with van der Waals surface area (Å²) >= 11 is 0. The van der Waals surface area contributed by atoms with E-state index in [2.05, 4.69) is 10.4 Å². The highest BCUT2D eigenvalue weighted by molar-refractivity contribution is 5.91. The molecule has 1 amide bonds. The molecule has 146 valence electrons. The summed E-state index contributed by atoms with van der Waals surface area (Å²) < 4.78 is 17.0. The lowest BCUT2D eigenvalue weighted by molar-refractivity contribution is -0.116. The maximum atomic E-state index is 12.2. The van der Waals surface area contributed by atoms with Gasteiger partial charge < -0.3 is 19.2 Å². The zero-order valence-corrected chi connectivity index (χ0v) is 15.7. The second-order valence-corrected chi connectivity index (χ2v) is 6.01. The van der Waals surface area contributed by atoms with Crippen LogP contribution in [0.15, 0.2) is 57.9 Å². The minimum absolute atomic E-state index is 0.175. The third-order valence-corrected chi connectivity index (χ3v) is 4.05. The molecule has 0 spiro atoms. The quantitative estimate of drug-likeness (QED) is 0.643. The third-order valence-electron chi connectivity index (χ3n) is 4.05. The highest BCUT2D eigenvalue weighted by Crippen LogP contribution is 2.25. The van der Waals surface area contributed by atoms with E-state index in [9.17, 15) is 9.59 Å². The Morgan fingerprint density at radius 1 is 1.14 bits per heavy atom. The Hall–Kier alpha value is -3.55. The van der Waals surface area contributed by atoms with Crippen molar-refractivity contribution in [3.05, 3.63) is 59.1 Å². The van der Waals surface area contributed by atoms with E-state index in [4.69, 9.17) is 13.9 Å². The molecule has 3 aromatic rings. The molecule has 8 nitrogen and oxygen atoms in total. The summed E-state index contributed by atoms with van der Waals surface area (Å²) in [6.07, 6.45) is 2.24. The topological polar surface area (TPSA) is 95.6 Å². The van der Waals surface area contributed by atoms with Crippen LogP contribution in [-0.2, 0) is 11.3 Å². The van der Waals surface area contributed by atoms with E-state index < -0.39 is 0 Å². The van der Waals surface area contributed by atoms with E-state index in [-0.39, 0.29) is 17.9 Å². The normalized spacial score (nSPS) is 10.5. The number of ether oxygens (including phenoxy) is 2. The Balaban J connectivity index is 1.59. The van der Waals surface area contributed by atoms with Gasteiger partial charge in [0, 0.05) is 42.9 Å². The number of carbonyl (C=O) groups excluding carboxylic acids is 1. The molecule has 0 saturated carbocycles. The molecule has 8 heteroatoms. The monoisotopic (exact) mass is 383 g/mol. The van der Waals surface area contributed by atoms with Gasteiger partial charge in [-0.3, -0.25) is 9.59 Å². The number of amides is 1. The fourth-order valence-corrected chi connectivity index (χ4v) is 2.66. The van der Waals surface area contributed by atoms with Crippen LogP contribution in [0, 0.1) is 0 Å². The molecule has 0 aliphatic rings. The number of rotatable bonds is 8. The minimum Gasteiger partial charge on any atom is -0.497 e. The molecule has 0 bridgehead atoms. The van der Waals surface area contributed by atoms with Gasteiger partial charge in [-0.2, -0.15) is 5.10 Å². The van der Waals surface area contributed by atoms with Crippen LogP contribution in [0.1, 0.15) is 12.8 Å². The van der Waals surface area contributed by atoms with Crippen molar-refractivity contribution in [1.82, 2.24) is 9.78 Å².